The summed E-state index contributed by atoms with van der Waals surface area (Å²) >= 11 is 0. The number of carbonyl (C=O) groups is 2. The van der Waals surface area contributed by atoms with E-state index in [1.165, 1.54) is 6.92 Å². The molecule has 4 nitrogen and oxygen atoms in total. The van der Waals surface area contributed by atoms with E-state index in [-0.39, 0.29) is 17.9 Å². The van der Waals surface area contributed by atoms with Gasteiger partial charge in [-0.15, -0.1) is 0 Å². The normalized spacial score (nSPS) is 30.8. The molecule has 1 aliphatic carbocycles. The van der Waals surface area contributed by atoms with E-state index in [1.54, 1.807) is 13.8 Å². The summed E-state index contributed by atoms with van der Waals surface area (Å²) < 4.78 is 9.80. The van der Waals surface area contributed by atoms with Crippen LogP contribution in [0.2, 0.25) is 0 Å². The van der Waals surface area contributed by atoms with E-state index < -0.39 is 5.60 Å². The van der Waals surface area contributed by atoms with Crippen LogP contribution in [0.1, 0.15) is 27.2 Å². The standard InChI is InChI=1S/C9H14O4/c1-4-12-8(11)7-5-9(7,3)13-6(2)10/h7H,4-5H2,1-3H3/t7-,9-/m1/s1. The maximum absolute atomic E-state index is 11.2. The van der Waals surface area contributed by atoms with E-state index in [4.69, 9.17) is 9.47 Å². The highest BCUT2D eigenvalue weighted by Crippen LogP contribution is 2.47. The molecule has 1 rings (SSSR count). The lowest BCUT2D eigenvalue weighted by atomic mass is 10.3. The second-order valence-electron chi connectivity index (χ2n) is 3.42. The lowest BCUT2D eigenvalue weighted by Gasteiger charge is -2.10. The zero-order chi connectivity index (χ0) is 10.1. The van der Waals surface area contributed by atoms with Crippen LogP contribution in [-0.2, 0) is 19.1 Å². The van der Waals surface area contributed by atoms with Crippen molar-refractivity contribution in [3.8, 4) is 0 Å². The quantitative estimate of drug-likeness (QED) is 0.614. The van der Waals surface area contributed by atoms with E-state index >= 15 is 0 Å². The van der Waals surface area contributed by atoms with Crippen LogP contribution < -0.4 is 0 Å². The lowest BCUT2D eigenvalue weighted by molar-refractivity contribution is -0.153. The Morgan fingerprint density at radius 1 is 1.54 bits per heavy atom. The summed E-state index contributed by atoms with van der Waals surface area (Å²) in [6.07, 6.45) is 0.575. The molecule has 0 bridgehead atoms. The molecule has 0 aliphatic heterocycles. The molecule has 0 radical (unpaired) electrons. The molecule has 74 valence electrons. The predicted molar refractivity (Wildman–Crippen MR) is 44.9 cm³/mol. The number of hydrogen-bond donors (Lipinski definition) is 0. The van der Waals surface area contributed by atoms with E-state index in [2.05, 4.69) is 0 Å². The van der Waals surface area contributed by atoms with Crippen LogP contribution in [0.5, 0.6) is 0 Å². The van der Waals surface area contributed by atoms with Crippen LogP contribution in [0, 0.1) is 5.92 Å². The molecular weight excluding hydrogens is 172 g/mol. The van der Waals surface area contributed by atoms with Crippen LogP contribution in [0.4, 0.5) is 0 Å². The monoisotopic (exact) mass is 186 g/mol. The van der Waals surface area contributed by atoms with Gasteiger partial charge < -0.3 is 9.47 Å². The molecule has 1 saturated carbocycles. The van der Waals surface area contributed by atoms with Gasteiger partial charge in [0.05, 0.1) is 6.61 Å². The average Bonchev–Trinajstić information content (AvgIpc) is 2.60. The van der Waals surface area contributed by atoms with E-state index in [0.29, 0.717) is 13.0 Å². The molecule has 0 aromatic carbocycles. The molecule has 0 heterocycles. The Balaban J connectivity index is 2.43. The third kappa shape index (κ3) is 2.20. The first-order valence-electron chi connectivity index (χ1n) is 4.36. The van der Waals surface area contributed by atoms with Gasteiger partial charge in [-0.2, -0.15) is 0 Å². The zero-order valence-corrected chi connectivity index (χ0v) is 8.12. The minimum absolute atomic E-state index is 0.267. The first-order valence-corrected chi connectivity index (χ1v) is 4.36. The summed E-state index contributed by atoms with van der Waals surface area (Å²) in [7, 11) is 0. The highest BCUT2D eigenvalue weighted by Gasteiger charge is 2.59. The minimum atomic E-state index is -0.613. The first-order chi connectivity index (χ1) is 5.99. The molecule has 0 unspecified atom stereocenters. The third-order valence-corrected chi connectivity index (χ3v) is 2.13. The maximum atomic E-state index is 11.2. The van der Waals surface area contributed by atoms with Gasteiger partial charge in [-0.3, -0.25) is 9.59 Å². The van der Waals surface area contributed by atoms with Crippen molar-refractivity contribution in [3.05, 3.63) is 0 Å². The predicted octanol–water partition coefficient (Wildman–Crippen LogP) is 0.891. The van der Waals surface area contributed by atoms with Crippen molar-refractivity contribution in [2.24, 2.45) is 5.92 Å². The summed E-state index contributed by atoms with van der Waals surface area (Å²) in [6.45, 7) is 5.21. The van der Waals surface area contributed by atoms with Crippen LogP contribution in [0.3, 0.4) is 0 Å². The molecule has 13 heavy (non-hydrogen) atoms. The molecule has 0 spiro atoms. The Bertz CT molecular complexity index is 236. The number of ether oxygens (including phenoxy) is 2. The number of esters is 2. The van der Waals surface area contributed by atoms with Gasteiger partial charge in [0.1, 0.15) is 11.5 Å². The number of carbonyl (C=O) groups excluding carboxylic acids is 2. The Hall–Kier alpha value is -1.06. The molecule has 4 heteroatoms. The van der Waals surface area contributed by atoms with Gasteiger partial charge in [0.25, 0.3) is 0 Å². The topological polar surface area (TPSA) is 52.6 Å². The van der Waals surface area contributed by atoms with Crippen molar-refractivity contribution in [2.75, 3.05) is 6.61 Å². The van der Waals surface area contributed by atoms with E-state index in [0.717, 1.165) is 0 Å². The fourth-order valence-electron chi connectivity index (χ4n) is 1.36. The van der Waals surface area contributed by atoms with Crippen molar-refractivity contribution < 1.29 is 19.1 Å². The summed E-state index contributed by atoms with van der Waals surface area (Å²) in [4.78, 5) is 21.8. The molecule has 2 atom stereocenters. The summed E-state index contributed by atoms with van der Waals surface area (Å²) in [5.41, 5.74) is -0.613. The van der Waals surface area contributed by atoms with E-state index in [1.807, 2.05) is 0 Å². The van der Waals surface area contributed by atoms with Gasteiger partial charge in [-0.1, -0.05) is 0 Å². The fourth-order valence-corrected chi connectivity index (χ4v) is 1.36. The third-order valence-electron chi connectivity index (χ3n) is 2.13. The average molecular weight is 186 g/mol. The lowest BCUT2D eigenvalue weighted by Crippen LogP contribution is -2.21. The number of rotatable bonds is 3. The molecule has 0 aromatic rings. The van der Waals surface area contributed by atoms with Gasteiger partial charge in [0, 0.05) is 13.3 Å². The molecule has 0 amide bonds. The van der Waals surface area contributed by atoms with Gasteiger partial charge in [0.2, 0.25) is 0 Å². The fraction of sp³-hybridized carbons (Fsp3) is 0.778. The summed E-state index contributed by atoms with van der Waals surface area (Å²) in [5.74, 6) is -0.892. The van der Waals surface area contributed by atoms with Crippen LogP contribution in [0.15, 0.2) is 0 Å². The Morgan fingerprint density at radius 3 is 2.62 bits per heavy atom. The maximum Gasteiger partial charge on any atom is 0.313 e. The largest absolute Gasteiger partial charge is 0.466 e. The van der Waals surface area contributed by atoms with E-state index in [9.17, 15) is 9.59 Å². The second kappa shape index (κ2) is 3.36. The first kappa shape index (κ1) is 10.0. The van der Waals surface area contributed by atoms with Crippen LogP contribution in [0.25, 0.3) is 0 Å². The molecule has 0 saturated heterocycles. The molecular formula is C9H14O4. The molecule has 0 N–H and O–H groups in total. The van der Waals surface area contributed by atoms with Crippen molar-refractivity contribution in [1.82, 2.24) is 0 Å². The Kier molecular flexibility index (Phi) is 2.59. The van der Waals surface area contributed by atoms with Gasteiger partial charge >= 0.3 is 11.9 Å². The van der Waals surface area contributed by atoms with Gasteiger partial charge in [-0.25, -0.2) is 0 Å². The SMILES string of the molecule is CCOC(=O)[C@H]1C[C@@]1(C)OC(C)=O. The van der Waals surface area contributed by atoms with Crippen molar-refractivity contribution in [3.63, 3.8) is 0 Å². The van der Waals surface area contributed by atoms with Crippen molar-refractivity contribution in [1.29, 1.82) is 0 Å². The highest BCUT2D eigenvalue weighted by atomic mass is 16.6. The second-order valence-corrected chi connectivity index (χ2v) is 3.42. The smallest absolute Gasteiger partial charge is 0.313 e. The molecule has 1 fully saturated rings. The van der Waals surface area contributed by atoms with Crippen LogP contribution in [-0.4, -0.2) is 24.1 Å². The Labute approximate surface area is 77.2 Å². The minimum Gasteiger partial charge on any atom is -0.466 e. The van der Waals surface area contributed by atoms with Crippen molar-refractivity contribution >= 4 is 11.9 Å². The summed E-state index contributed by atoms with van der Waals surface area (Å²) in [5, 5.41) is 0. The highest BCUT2D eigenvalue weighted by molar-refractivity contribution is 5.79. The zero-order valence-electron chi connectivity index (χ0n) is 8.12. The summed E-state index contributed by atoms with van der Waals surface area (Å²) in [6, 6.07) is 0. The Morgan fingerprint density at radius 2 is 2.15 bits per heavy atom. The van der Waals surface area contributed by atoms with Gasteiger partial charge in [0.15, 0.2) is 0 Å². The molecule has 1 aliphatic rings. The van der Waals surface area contributed by atoms with Gasteiger partial charge in [-0.05, 0) is 13.8 Å². The molecule has 0 aromatic heterocycles. The number of hydrogen-bond acceptors (Lipinski definition) is 4. The van der Waals surface area contributed by atoms with Crippen LogP contribution >= 0.6 is 0 Å². The van der Waals surface area contributed by atoms with Crippen molar-refractivity contribution in [2.45, 2.75) is 32.8 Å².